The zero-order valence-corrected chi connectivity index (χ0v) is 21.9. The Morgan fingerprint density at radius 2 is 1.89 bits per heavy atom. The fourth-order valence-electron chi connectivity index (χ4n) is 4.44. The summed E-state index contributed by atoms with van der Waals surface area (Å²) in [6.45, 7) is 3.78. The van der Waals surface area contributed by atoms with Gasteiger partial charge in [0.1, 0.15) is 0 Å². The van der Waals surface area contributed by atoms with E-state index in [9.17, 15) is 9.59 Å². The lowest BCUT2D eigenvalue weighted by Crippen LogP contribution is -2.39. The number of aromatic nitrogens is 3. The summed E-state index contributed by atoms with van der Waals surface area (Å²) in [4.78, 5) is 34.1. The summed E-state index contributed by atoms with van der Waals surface area (Å²) in [6.07, 6.45) is 3.53. The molecule has 2 aromatic carbocycles. The molecule has 188 valence electrons. The summed E-state index contributed by atoms with van der Waals surface area (Å²) in [5, 5.41) is 7.23. The number of nitrogens with zero attached hydrogens (tertiary/aromatic N) is 4. The van der Waals surface area contributed by atoms with Crippen molar-refractivity contribution in [1.29, 1.82) is 0 Å². The van der Waals surface area contributed by atoms with Crippen LogP contribution in [-0.4, -0.2) is 41.4 Å². The number of anilines is 1. The van der Waals surface area contributed by atoms with Crippen LogP contribution < -0.4 is 19.8 Å². The second-order valence-corrected chi connectivity index (χ2v) is 9.86. The predicted molar refractivity (Wildman–Crippen MR) is 145 cm³/mol. The van der Waals surface area contributed by atoms with Crippen LogP contribution in [-0.2, 0) is 9.53 Å². The number of benzene rings is 2. The van der Waals surface area contributed by atoms with Crippen molar-refractivity contribution in [3.63, 3.8) is 0 Å². The Kier molecular flexibility index (Phi) is 6.62. The second kappa shape index (κ2) is 10.0. The van der Waals surface area contributed by atoms with E-state index in [4.69, 9.17) is 4.74 Å². The average Bonchev–Trinajstić information content (AvgIpc) is 3.48. The number of hydrogen-bond acceptors (Lipinski definition) is 7. The molecule has 0 amide bonds. The van der Waals surface area contributed by atoms with E-state index in [0.29, 0.717) is 20.6 Å². The molecule has 0 saturated carbocycles. The molecule has 2 aromatic heterocycles. The summed E-state index contributed by atoms with van der Waals surface area (Å²) in [7, 11) is 3.93. The molecule has 3 heterocycles. The Morgan fingerprint density at radius 1 is 1.16 bits per heavy atom. The Hall–Kier alpha value is -4.24. The first-order chi connectivity index (χ1) is 17.9. The highest BCUT2D eigenvalue weighted by Crippen LogP contribution is 2.31. The smallest absolute Gasteiger partial charge is 0.338 e. The third-order valence-corrected chi connectivity index (χ3v) is 7.24. The van der Waals surface area contributed by atoms with Gasteiger partial charge in [-0.3, -0.25) is 14.5 Å². The maximum absolute atomic E-state index is 13.8. The second-order valence-electron chi connectivity index (χ2n) is 8.85. The standard InChI is InChI=1S/C28H27N5O3S/c1-5-36-27(35)23-17(2)30-28-33(25(23)19-11-13-21(14-12-19)32(3)4)26(34)22(37-28)15-20-16-29-31-24(20)18-9-7-6-8-10-18/h6-16,25H,5H2,1-4H3,(H,29,31)/t25-/m0/s1. The van der Waals surface area contributed by atoms with E-state index < -0.39 is 12.0 Å². The van der Waals surface area contributed by atoms with Gasteiger partial charge in [-0.25, -0.2) is 9.79 Å². The number of nitrogens with one attached hydrogen (secondary N) is 1. The van der Waals surface area contributed by atoms with Crippen molar-refractivity contribution in [3.8, 4) is 11.3 Å². The number of allylic oxidation sites excluding steroid dienone is 1. The maximum Gasteiger partial charge on any atom is 0.338 e. The number of rotatable bonds is 6. The summed E-state index contributed by atoms with van der Waals surface area (Å²) < 4.78 is 7.48. The van der Waals surface area contributed by atoms with E-state index in [1.807, 2.05) is 79.7 Å². The molecule has 0 fully saturated rings. The molecule has 37 heavy (non-hydrogen) atoms. The van der Waals surface area contributed by atoms with Gasteiger partial charge in [0, 0.05) is 30.9 Å². The van der Waals surface area contributed by atoms with Gasteiger partial charge in [-0.15, -0.1) is 0 Å². The lowest BCUT2D eigenvalue weighted by molar-refractivity contribution is -0.139. The molecule has 0 saturated heterocycles. The zero-order valence-electron chi connectivity index (χ0n) is 21.1. The summed E-state index contributed by atoms with van der Waals surface area (Å²) in [6, 6.07) is 17.0. The normalized spacial score (nSPS) is 15.4. The number of hydrogen-bond donors (Lipinski definition) is 1. The van der Waals surface area contributed by atoms with Gasteiger partial charge in [-0.05, 0) is 37.6 Å². The van der Waals surface area contributed by atoms with E-state index in [1.54, 1.807) is 24.6 Å². The maximum atomic E-state index is 13.8. The number of carbonyl (C=O) groups excluding carboxylic acids is 1. The molecule has 0 unspecified atom stereocenters. The van der Waals surface area contributed by atoms with Crippen LogP contribution in [0.1, 0.15) is 31.0 Å². The highest BCUT2D eigenvalue weighted by molar-refractivity contribution is 7.07. The van der Waals surface area contributed by atoms with Crippen LogP contribution in [0.4, 0.5) is 5.69 Å². The quantitative estimate of drug-likeness (QED) is 0.400. The van der Waals surface area contributed by atoms with Crippen LogP contribution >= 0.6 is 11.3 Å². The SMILES string of the molecule is CCOC(=O)C1=C(C)N=c2sc(=Cc3cn[nH]c3-c3ccccc3)c(=O)n2[C@H]1c1ccc(N(C)C)cc1. The monoisotopic (exact) mass is 513 g/mol. The summed E-state index contributed by atoms with van der Waals surface area (Å²) >= 11 is 1.29. The summed E-state index contributed by atoms with van der Waals surface area (Å²) in [5.41, 5.74) is 5.10. The Balaban J connectivity index is 1.69. The molecule has 1 aliphatic rings. The molecule has 4 aromatic rings. The first kappa shape index (κ1) is 24.5. The third-order valence-electron chi connectivity index (χ3n) is 6.26. The minimum Gasteiger partial charge on any atom is -0.463 e. The van der Waals surface area contributed by atoms with Gasteiger partial charge in [0.05, 0.1) is 40.3 Å². The van der Waals surface area contributed by atoms with Gasteiger partial charge in [0.15, 0.2) is 4.80 Å². The molecule has 0 bridgehead atoms. The number of H-pyrrole nitrogens is 1. The molecule has 9 heteroatoms. The molecule has 8 nitrogen and oxygen atoms in total. The molecule has 5 rings (SSSR count). The molecule has 1 atom stereocenters. The molecular weight excluding hydrogens is 486 g/mol. The topological polar surface area (TPSA) is 92.6 Å². The van der Waals surface area contributed by atoms with Gasteiger partial charge in [0.2, 0.25) is 0 Å². The molecule has 0 aliphatic carbocycles. The zero-order chi connectivity index (χ0) is 26.1. The van der Waals surface area contributed by atoms with Crippen molar-refractivity contribution in [3.05, 3.63) is 103 Å². The van der Waals surface area contributed by atoms with Crippen molar-refractivity contribution < 1.29 is 9.53 Å². The highest BCUT2D eigenvalue weighted by Gasteiger charge is 2.33. The molecule has 0 spiro atoms. The van der Waals surface area contributed by atoms with Crippen molar-refractivity contribution >= 4 is 29.1 Å². The third kappa shape index (κ3) is 4.53. The van der Waals surface area contributed by atoms with E-state index in [0.717, 1.165) is 28.1 Å². The highest BCUT2D eigenvalue weighted by atomic mass is 32.1. The van der Waals surface area contributed by atoms with Crippen LogP contribution in [0.15, 0.2) is 81.9 Å². The van der Waals surface area contributed by atoms with Crippen LogP contribution in [0.3, 0.4) is 0 Å². The van der Waals surface area contributed by atoms with Crippen molar-refractivity contribution in [2.24, 2.45) is 4.99 Å². The lowest BCUT2D eigenvalue weighted by atomic mass is 9.95. The fraction of sp³-hybridized carbons (Fsp3) is 0.214. The minimum atomic E-state index is -0.647. The van der Waals surface area contributed by atoms with E-state index in [2.05, 4.69) is 15.2 Å². The number of fused-ring (bicyclic) bond motifs is 1. The van der Waals surface area contributed by atoms with Gasteiger partial charge >= 0.3 is 5.97 Å². The molecule has 1 aliphatic heterocycles. The van der Waals surface area contributed by atoms with Gasteiger partial charge in [-0.2, -0.15) is 5.10 Å². The lowest BCUT2D eigenvalue weighted by Gasteiger charge is -2.25. The predicted octanol–water partition coefficient (Wildman–Crippen LogP) is 3.25. The van der Waals surface area contributed by atoms with E-state index in [-0.39, 0.29) is 12.2 Å². The number of carbonyl (C=O) groups is 1. The average molecular weight is 514 g/mol. The molecule has 0 radical (unpaired) electrons. The number of ether oxygens (including phenoxy) is 1. The van der Waals surface area contributed by atoms with Crippen LogP contribution in [0.25, 0.3) is 17.3 Å². The van der Waals surface area contributed by atoms with E-state index in [1.165, 1.54) is 11.3 Å². The van der Waals surface area contributed by atoms with Gasteiger partial charge in [0.25, 0.3) is 5.56 Å². The first-order valence-electron chi connectivity index (χ1n) is 11.9. The van der Waals surface area contributed by atoms with Crippen LogP contribution in [0, 0.1) is 0 Å². The van der Waals surface area contributed by atoms with Crippen molar-refractivity contribution in [1.82, 2.24) is 14.8 Å². The van der Waals surface area contributed by atoms with Crippen LogP contribution in [0.5, 0.6) is 0 Å². The Bertz CT molecular complexity index is 1660. The first-order valence-corrected chi connectivity index (χ1v) is 12.8. The summed E-state index contributed by atoms with van der Waals surface area (Å²) in [5.74, 6) is -0.471. The number of esters is 1. The largest absolute Gasteiger partial charge is 0.463 e. The van der Waals surface area contributed by atoms with Crippen LogP contribution in [0.2, 0.25) is 0 Å². The minimum absolute atomic E-state index is 0.222. The van der Waals surface area contributed by atoms with Gasteiger partial charge < -0.3 is 9.64 Å². The van der Waals surface area contributed by atoms with Gasteiger partial charge in [-0.1, -0.05) is 53.8 Å². The molecular formula is C28H27N5O3S. The Labute approximate surface area is 217 Å². The Morgan fingerprint density at radius 3 is 2.57 bits per heavy atom. The van der Waals surface area contributed by atoms with E-state index >= 15 is 0 Å². The van der Waals surface area contributed by atoms with Crippen molar-refractivity contribution in [2.45, 2.75) is 19.9 Å². The fourth-order valence-corrected chi connectivity index (χ4v) is 5.48. The number of aromatic amines is 1. The van der Waals surface area contributed by atoms with Crippen molar-refractivity contribution in [2.75, 3.05) is 25.6 Å². The molecule has 1 N–H and O–H groups in total. The number of thiazole rings is 1.